The lowest BCUT2D eigenvalue weighted by molar-refractivity contribution is -0.384. The van der Waals surface area contributed by atoms with Gasteiger partial charge in [0.1, 0.15) is 5.00 Å². The lowest BCUT2D eigenvalue weighted by Crippen LogP contribution is -2.18. The summed E-state index contributed by atoms with van der Waals surface area (Å²) in [7, 11) is 0. The number of fused-ring (bicyclic) bond motifs is 1. The zero-order chi connectivity index (χ0) is 19.6. The first-order valence-electron chi connectivity index (χ1n) is 8.53. The molecule has 27 heavy (non-hydrogen) atoms. The van der Waals surface area contributed by atoms with E-state index in [-0.39, 0.29) is 11.6 Å². The quantitative estimate of drug-likeness (QED) is 0.465. The Labute approximate surface area is 160 Å². The van der Waals surface area contributed by atoms with Crippen LogP contribution in [-0.2, 0) is 17.6 Å². The van der Waals surface area contributed by atoms with Gasteiger partial charge in [-0.2, -0.15) is 0 Å². The first kappa shape index (κ1) is 18.8. The highest BCUT2D eigenvalue weighted by atomic mass is 32.1. The second-order valence-electron chi connectivity index (χ2n) is 6.59. The van der Waals surface area contributed by atoms with E-state index < -0.39 is 10.8 Å². The second-order valence-corrected chi connectivity index (χ2v) is 7.70. The molecule has 0 unspecified atom stereocenters. The van der Waals surface area contributed by atoms with Gasteiger partial charge in [-0.05, 0) is 54.5 Å². The molecule has 2 amide bonds. The second kappa shape index (κ2) is 7.71. The fraction of sp³-hybridized carbons (Fsp3) is 0.263. The van der Waals surface area contributed by atoms with Gasteiger partial charge < -0.3 is 11.1 Å². The number of nitro groups is 1. The van der Waals surface area contributed by atoms with Gasteiger partial charge in [-0.25, -0.2) is 0 Å². The smallest absolute Gasteiger partial charge is 0.269 e. The van der Waals surface area contributed by atoms with Gasteiger partial charge in [0.15, 0.2) is 0 Å². The first-order valence-corrected chi connectivity index (χ1v) is 9.34. The van der Waals surface area contributed by atoms with Gasteiger partial charge in [0.05, 0.1) is 10.5 Å². The number of nitro benzene ring substituents is 1. The van der Waals surface area contributed by atoms with Crippen LogP contribution < -0.4 is 11.1 Å². The standard InChI is InChI=1S/C19H19N3O4S/c1-11-2-8-14-15(10-11)27-19(17(14)18(20)24)21-16(23)9-5-12-3-6-13(7-4-12)22(25)26/h3-7,9,11H,2,8,10H2,1H3,(H2,20,24)(H,21,23)/b9-5-/t11-/m0/s1. The van der Waals surface area contributed by atoms with Crippen molar-refractivity contribution in [3.05, 3.63) is 62.0 Å². The van der Waals surface area contributed by atoms with Crippen molar-refractivity contribution in [2.24, 2.45) is 11.7 Å². The zero-order valence-electron chi connectivity index (χ0n) is 14.7. The summed E-state index contributed by atoms with van der Waals surface area (Å²) in [6.45, 7) is 2.16. The number of amides is 2. The minimum absolute atomic E-state index is 0.0129. The van der Waals surface area contributed by atoms with Gasteiger partial charge in [-0.3, -0.25) is 19.7 Å². The molecule has 1 aromatic carbocycles. The maximum Gasteiger partial charge on any atom is 0.269 e. The maximum absolute atomic E-state index is 12.3. The fourth-order valence-corrected chi connectivity index (χ4v) is 4.55. The molecule has 3 N–H and O–H groups in total. The van der Waals surface area contributed by atoms with Gasteiger partial charge in [-0.1, -0.05) is 6.92 Å². The number of anilines is 1. The van der Waals surface area contributed by atoms with Crippen molar-refractivity contribution in [2.75, 3.05) is 5.32 Å². The number of primary amides is 1. The number of nitrogens with zero attached hydrogens (tertiary/aromatic N) is 1. The van der Waals surface area contributed by atoms with E-state index in [2.05, 4.69) is 12.2 Å². The molecule has 3 rings (SSSR count). The van der Waals surface area contributed by atoms with Crippen molar-refractivity contribution in [3.8, 4) is 0 Å². The lowest BCUT2D eigenvalue weighted by Gasteiger charge is -2.18. The SMILES string of the molecule is C[C@H]1CCc2c(sc(NC(=O)/C=C\c3ccc([N+](=O)[O-])cc3)c2C(N)=O)C1. The van der Waals surface area contributed by atoms with E-state index in [4.69, 9.17) is 5.73 Å². The zero-order valence-corrected chi connectivity index (χ0v) is 15.5. The van der Waals surface area contributed by atoms with E-state index in [0.717, 1.165) is 29.7 Å². The molecule has 0 saturated carbocycles. The molecule has 0 bridgehead atoms. The number of nitrogens with two attached hydrogens (primary N) is 1. The molecule has 1 atom stereocenters. The first-order chi connectivity index (χ1) is 12.8. The van der Waals surface area contributed by atoms with Crippen LogP contribution in [0.3, 0.4) is 0 Å². The molecule has 1 heterocycles. The summed E-state index contributed by atoms with van der Waals surface area (Å²) in [6, 6.07) is 5.86. The number of nitrogens with one attached hydrogen (secondary N) is 1. The molecule has 1 aromatic heterocycles. The molecule has 140 valence electrons. The normalized spacial score (nSPS) is 16.1. The summed E-state index contributed by atoms with van der Waals surface area (Å²) < 4.78 is 0. The van der Waals surface area contributed by atoms with Crippen molar-refractivity contribution < 1.29 is 14.5 Å². The van der Waals surface area contributed by atoms with Gasteiger partial charge >= 0.3 is 0 Å². The molecule has 7 nitrogen and oxygen atoms in total. The molecule has 1 aliphatic rings. The third kappa shape index (κ3) is 4.22. The minimum Gasteiger partial charge on any atom is -0.365 e. The fourth-order valence-electron chi connectivity index (χ4n) is 3.13. The Bertz CT molecular complexity index is 931. The average Bonchev–Trinajstić information content (AvgIpc) is 2.97. The number of carbonyl (C=O) groups excluding carboxylic acids is 2. The van der Waals surface area contributed by atoms with Crippen LogP contribution in [0.2, 0.25) is 0 Å². The number of rotatable bonds is 5. The number of hydrogen-bond acceptors (Lipinski definition) is 5. The van der Waals surface area contributed by atoms with E-state index in [1.165, 1.54) is 29.5 Å². The number of hydrogen-bond donors (Lipinski definition) is 2. The summed E-state index contributed by atoms with van der Waals surface area (Å²) in [5.41, 5.74) is 7.56. The molecule has 0 spiro atoms. The van der Waals surface area contributed by atoms with Crippen LogP contribution in [0.15, 0.2) is 30.3 Å². The number of carbonyl (C=O) groups is 2. The van der Waals surface area contributed by atoms with Crippen molar-refractivity contribution in [1.29, 1.82) is 0 Å². The van der Waals surface area contributed by atoms with Crippen LogP contribution in [0.1, 0.15) is 39.7 Å². The van der Waals surface area contributed by atoms with E-state index >= 15 is 0 Å². The molecular weight excluding hydrogens is 366 g/mol. The molecular formula is C19H19N3O4S. The summed E-state index contributed by atoms with van der Waals surface area (Å²) in [6.07, 6.45) is 5.55. The predicted octanol–water partition coefficient (Wildman–Crippen LogP) is 3.53. The largest absolute Gasteiger partial charge is 0.365 e. The van der Waals surface area contributed by atoms with Crippen molar-refractivity contribution in [2.45, 2.75) is 26.2 Å². The van der Waals surface area contributed by atoms with E-state index in [1.807, 2.05) is 0 Å². The molecule has 0 saturated heterocycles. The van der Waals surface area contributed by atoms with E-state index in [0.29, 0.717) is 22.0 Å². The van der Waals surface area contributed by atoms with Gasteiger partial charge in [0.25, 0.3) is 11.6 Å². The van der Waals surface area contributed by atoms with Gasteiger partial charge in [-0.15, -0.1) is 11.3 Å². The molecule has 1 aliphatic carbocycles. The number of benzene rings is 1. The predicted molar refractivity (Wildman–Crippen MR) is 105 cm³/mol. The van der Waals surface area contributed by atoms with Crippen molar-refractivity contribution in [1.82, 2.24) is 0 Å². The number of non-ortho nitro benzene ring substituents is 1. The molecule has 8 heteroatoms. The van der Waals surface area contributed by atoms with Gasteiger partial charge in [0, 0.05) is 23.1 Å². The van der Waals surface area contributed by atoms with Crippen LogP contribution in [0.5, 0.6) is 0 Å². The molecule has 0 aliphatic heterocycles. The van der Waals surface area contributed by atoms with Crippen molar-refractivity contribution in [3.63, 3.8) is 0 Å². The summed E-state index contributed by atoms with van der Waals surface area (Å²) >= 11 is 1.41. The van der Waals surface area contributed by atoms with Crippen LogP contribution in [0.25, 0.3) is 6.08 Å². The third-order valence-corrected chi connectivity index (χ3v) is 5.70. The van der Waals surface area contributed by atoms with E-state index in [9.17, 15) is 19.7 Å². The third-order valence-electron chi connectivity index (χ3n) is 4.53. The number of thiophene rings is 1. The maximum atomic E-state index is 12.3. The van der Waals surface area contributed by atoms with Gasteiger partial charge in [0.2, 0.25) is 5.91 Å². The van der Waals surface area contributed by atoms with Crippen LogP contribution in [0.4, 0.5) is 10.7 Å². The highest BCUT2D eigenvalue weighted by molar-refractivity contribution is 7.17. The average molecular weight is 385 g/mol. The Morgan fingerprint density at radius 2 is 2.04 bits per heavy atom. The Balaban J connectivity index is 1.76. The Kier molecular flexibility index (Phi) is 5.36. The highest BCUT2D eigenvalue weighted by Gasteiger charge is 2.26. The highest BCUT2D eigenvalue weighted by Crippen LogP contribution is 2.39. The molecule has 0 fully saturated rings. The lowest BCUT2D eigenvalue weighted by atomic mass is 9.88. The minimum atomic E-state index is -0.531. The van der Waals surface area contributed by atoms with E-state index in [1.54, 1.807) is 18.2 Å². The Morgan fingerprint density at radius 3 is 2.67 bits per heavy atom. The summed E-state index contributed by atoms with van der Waals surface area (Å²) in [4.78, 5) is 35.4. The summed E-state index contributed by atoms with van der Waals surface area (Å²) in [5.74, 6) is -0.373. The molecule has 2 aromatic rings. The Hall–Kier alpha value is -3.00. The van der Waals surface area contributed by atoms with Crippen LogP contribution in [-0.4, -0.2) is 16.7 Å². The molecule has 0 radical (unpaired) electrons. The van der Waals surface area contributed by atoms with Crippen LogP contribution in [0, 0.1) is 16.0 Å². The summed E-state index contributed by atoms with van der Waals surface area (Å²) in [5, 5.41) is 13.9. The Morgan fingerprint density at radius 1 is 1.33 bits per heavy atom. The topological polar surface area (TPSA) is 115 Å². The monoisotopic (exact) mass is 385 g/mol. The van der Waals surface area contributed by atoms with Crippen molar-refractivity contribution >= 4 is 39.9 Å². The van der Waals surface area contributed by atoms with Crippen LogP contribution >= 0.6 is 11.3 Å².